The number of aliphatic hydroxyl groups excluding tert-OH is 1. The molecule has 178 valence electrons. The number of hydrogen-bond donors (Lipinski definition) is 1. The molecule has 34 heavy (non-hydrogen) atoms. The highest BCUT2D eigenvalue weighted by Gasteiger charge is 2.23. The summed E-state index contributed by atoms with van der Waals surface area (Å²) in [5.74, 6) is 0.333. The van der Waals surface area contributed by atoms with Crippen LogP contribution >= 0.6 is 0 Å². The van der Waals surface area contributed by atoms with Crippen molar-refractivity contribution in [2.45, 2.75) is 45.3 Å². The Morgan fingerprint density at radius 1 is 1.09 bits per heavy atom. The van der Waals surface area contributed by atoms with E-state index >= 15 is 0 Å². The standard InChI is InChI=1S/C26H30N4O4/c1-18-14-20(16-28(2)26(18)34)25-27-22(17-30(25)15-19-6-4-3-5-7-19)23(32)8-9-24(33)29-12-10-21(31)11-13-29/h3-7,14,16-17,21,31H,8-13,15H2,1-2H3. The van der Waals surface area contributed by atoms with E-state index in [1.54, 1.807) is 37.3 Å². The smallest absolute Gasteiger partial charge is 0.253 e. The van der Waals surface area contributed by atoms with Crippen LogP contribution in [0.2, 0.25) is 0 Å². The van der Waals surface area contributed by atoms with Crippen LogP contribution in [0.1, 0.15) is 47.3 Å². The van der Waals surface area contributed by atoms with Crippen molar-refractivity contribution in [3.05, 3.63) is 76.0 Å². The van der Waals surface area contributed by atoms with Gasteiger partial charge in [0.1, 0.15) is 11.5 Å². The van der Waals surface area contributed by atoms with Crippen LogP contribution in [0.25, 0.3) is 11.4 Å². The SMILES string of the molecule is Cc1cc(-c2nc(C(=O)CCC(=O)N3CCC(O)CC3)cn2Cc2ccccc2)cn(C)c1=O. The number of pyridine rings is 1. The highest BCUT2D eigenvalue weighted by atomic mass is 16.3. The third-order valence-corrected chi connectivity index (χ3v) is 6.26. The van der Waals surface area contributed by atoms with E-state index in [9.17, 15) is 19.5 Å². The van der Waals surface area contributed by atoms with Gasteiger partial charge >= 0.3 is 0 Å². The van der Waals surface area contributed by atoms with Crippen molar-refractivity contribution in [3.63, 3.8) is 0 Å². The van der Waals surface area contributed by atoms with Crippen molar-refractivity contribution < 1.29 is 14.7 Å². The second kappa shape index (κ2) is 10.2. The van der Waals surface area contributed by atoms with Gasteiger partial charge in [0.25, 0.3) is 5.56 Å². The van der Waals surface area contributed by atoms with Crippen LogP contribution in [0.4, 0.5) is 0 Å². The zero-order chi connectivity index (χ0) is 24.2. The number of carbonyl (C=O) groups excluding carboxylic acids is 2. The van der Waals surface area contributed by atoms with Gasteiger partial charge in [0.2, 0.25) is 5.91 Å². The first-order valence-electron chi connectivity index (χ1n) is 11.6. The second-order valence-electron chi connectivity index (χ2n) is 8.93. The first-order chi connectivity index (χ1) is 16.3. The van der Waals surface area contributed by atoms with E-state index in [4.69, 9.17) is 0 Å². The summed E-state index contributed by atoms with van der Waals surface area (Å²) in [5.41, 5.74) is 2.63. The fourth-order valence-electron chi connectivity index (χ4n) is 4.30. The molecule has 0 radical (unpaired) electrons. The molecule has 8 heteroatoms. The number of amides is 1. The Morgan fingerprint density at radius 3 is 2.47 bits per heavy atom. The lowest BCUT2D eigenvalue weighted by Gasteiger charge is -2.29. The summed E-state index contributed by atoms with van der Waals surface area (Å²) < 4.78 is 3.43. The van der Waals surface area contributed by atoms with Crippen LogP contribution in [0, 0.1) is 6.92 Å². The lowest BCUT2D eigenvalue weighted by Crippen LogP contribution is -2.40. The molecular weight excluding hydrogens is 432 g/mol. The molecule has 1 aliphatic rings. The molecule has 0 unspecified atom stereocenters. The summed E-state index contributed by atoms with van der Waals surface area (Å²) in [5, 5.41) is 9.63. The van der Waals surface area contributed by atoms with E-state index < -0.39 is 0 Å². The number of imidazole rings is 1. The average Bonchev–Trinajstić information content (AvgIpc) is 3.25. The zero-order valence-electron chi connectivity index (χ0n) is 19.6. The minimum Gasteiger partial charge on any atom is -0.393 e. The highest BCUT2D eigenvalue weighted by molar-refractivity contribution is 5.96. The molecule has 1 N–H and O–H groups in total. The van der Waals surface area contributed by atoms with E-state index in [0.717, 1.165) is 11.1 Å². The van der Waals surface area contributed by atoms with Crippen molar-refractivity contribution >= 4 is 11.7 Å². The van der Waals surface area contributed by atoms with Crippen LogP contribution in [0.5, 0.6) is 0 Å². The molecule has 0 bridgehead atoms. The monoisotopic (exact) mass is 462 g/mol. The van der Waals surface area contributed by atoms with Crippen molar-refractivity contribution in [2.75, 3.05) is 13.1 Å². The number of aliphatic hydroxyl groups is 1. The van der Waals surface area contributed by atoms with Gasteiger partial charge < -0.3 is 19.1 Å². The van der Waals surface area contributed by atoms with Gasteiger partial charge in [-0.05, 0) is 31.4 Å². The van der Waals surface area contributed by atoms with Crippen molar-refractivity contribution in [1.82, 2.24) is 19.0 Å². The quantitative estimate of drug-likeness (QED) is 0.544. The fraction of sp³-hybridized carbons (Fsp3) is 0.385. The largest absolute Gasteiger partial charge is 0.393 e. The second-order valence-corrected chi connectivity index (χ2v) is 8.93. The summed E-state index contributed by atoms with van der Waals surface area (Å²) >= 11 is 0. The van der Waals surface area contributed by atoms with Gasteiger partial charge in [0, 0.05) is 63.0 Å². The molecule has 1 aromatic carbocycles. The lowest BCUT2D eigenvalue weighted by molar-refractivity contribution is -0.133. The Bertz CT molecular complexity index is 1210. The van der Waals surface area contributed by atoms with Crippen LogP contribution < -0.4 is 5.56 Å². The first-order valence-corrected chi connectivity index (χ1v) is 11.6. The third-order valence-electron chi connectivity index (χ3n) is 6.26. The number of carbonyl (C=O) groups is 2. The zero-order valence-corrected chi connectivity index (χ0v) is 19.6. The third kappa shape index (κ3) is 5.34. The van der Waals surface area contributed by atoms with Gasteiger partial charge in [-0.25, -0.2) is 4.98 Å². The fourth-order valence-corrected chi connectivity index (χ4v) is 4.30. The number of hydrogen-bond acceptors (Lipinski definition) is 5. The maximum Gasteiger partial charge on any atom is 0.253 e. The predicted molar refractivity (Wildman–Crippen MR) is 129 cm³/mol. The Labute approximate surface area is 198 Å². The number of nitrogens with zero attached hydrogens (tertiary/aromatic N) is 4. The number of Topliss-reactive ketones (excluding diaryl/α,β-unsaturated/α-hetero) is 1. The average molecular weight is 463 g/mol. The van der Waals surface area contributed by atoms with Gasteiger partial charge in [-0.1, -0.05) is 30.3 Å². The number of benzene rings is 1. The highest BCUT2D eigenvalue weighted by Crippen LogP contribution is 2.22. The number of likely N-dealkylation sites (tertiary alicyclic amines) is 1. The van der Waals surface area contributed by atoms with Gasteiger partial charge in [0.15, 0.2) is 5.78 Å². The normalized spacial score (nSPS) is 14.4. The molecule has 2 aromatic heterocycles. The Hall–Kier alpha value is -3.52. The van der Waals surface area contributed by atoms with Gasteiger partial charge in [-0.2, -0.15) is 0 Å². The maximum atomic E-state index is 13.0. The van der Waals surface area contributed by atoms with Crippen molar-refractivity contribution in [2.24, 2.45) is 7.05 Å². The Kier molecular flexibility index (Phi) is 7.07. The summed E-state index contributed by atoms with van der Waals surface area (Å²) in [6.07, 6.45) is 4.45. The van der Waals surface area contributed by atoms with Crippen molar-refractivity contribution in [1.29, 1.82) is 0 Å². The molecule has 1 aliphatic heterocycles. The molecular formula is C26H30N4O4. The van der Waals surface area contributed by atoms with E-state index in [0.29, 0.717) is 49.6 Å². The Morgan fingerprint density at radius 2 is 1.79 bits per heavy atom. The van der Waals surface area contributed by atoms with Gasteiger partial charge in [-0.3, -0.25) is 14.4 Å². The number of rotatable bonds is 7. The lowest BCUT2D eigenvalue weighted by atomic mass is 10.1. The Balaban J connectivity index is 1.56. The van der Waals surface area contributed by atoms with Crippen LogP contribution in [-0.2, 0) is 18.4 Å². The number of aryl methyl sites for hydroxylation is 2. The van der Waals surface area contributed by atoms with Crippen molar-refractivity contribution in [3.8, 4) is 11.4 Å². The topological polar surface area (TPSA) is 97.4 Å². The summed E-state index contributed by atoms with van der Waals surface area (Å²) in [6, 6.07) is 11.7. The molecule has 0 spiro atoms. The molecule has 3 aromatic rings. The minimum absolute atomic E-state index is 0.0714. The molecule has 0 saturated carbocycles. The van der Waals surface area contributed by atoms with Crippen LogP contribution in [0.15, 0.2) is 53.6 Å². The van der Waals surface area contributed by atoms with Crippen LogP contribution in [0.3, 0.4) is 0 Å². The molecule has 0 atom stereocenters. The molecule has 3 heterocycles. The first kappa shape index (κ1) is 23.6. The molecule has 4 rings (SSSR count). The number of piperidine rings is 1. The van der Waals surface area contributed by atoms with E-state index in [2.05, 4.69) is 4.98 Å². The summed E-state index contributed by atoms with van der Waals surface area (Å²) in [4.78, 5) is 44.0. The summed E-state index contributed by atoms with van der Waals surface area (Å²) in [7, 11) is 1.70. The molecule has 1 amide bonds. The van der Waals surface area contributed by atoms with E-state index in [1.165, 1.54) is 4.57 Å². The molecule has 0 aliphatic carbocycles. The predicted octanol–water partition coefficient (Wildman–Crippen LogP) is 2.55. The van der Waals surface area contributed by atoms with E-state index in [1.807, 2.05) is 34.9 Å². The molecule has 1 fully saturated rings. The number of ketones is 1. The number of aromatic nitrogens is 3. The van der Waals surface area contributed by atoms with Crippen LogP contribution in [-0.4, -0.2) is 55.0 Å². The van der Waals surface area contributed by atoms with Gasteiger partial charge in [-0.15, -0.1) is 0 Å². The molecule has 8 nitrogen and oxygen atoms in total. The minimum atomic E-state index is -0.348. The molecule has 1 saturated heterocycles. The van der Waals surface area contributed by atoms with E-state index in [-0.39, 0.29) is 36.2 Å². The van der Waals surface area contributed by atoms with Gasteiger partial charge in [0.05, 0.1) is 6.10 Å². The maximum absolute atomic E-state index is 13.0. The summed E-state index contributed by atoms with van der Waals surface area (Å²) in [6.45, 7) is 3.33.